The number of halogens is 3. The number of carbonyl (C=O) groups is 1. The van der Waals surface area contributed by atoms with Gasteiger partial charge in [-0.2, -0.15) is 0 Å². The third-order valence-electron chi connectivity index (χ3n) is 2.45. The van der Waals surface area contributed by atoms with Crippen molar-refractivity contribution in [2.45, 2.75) is 0 Å². The molecule has 0 aliphatic rings. The van der Waals surface area contributed by atoms with Gasteiger partial charge in [0.2, 0.25) is 0 Å². The van der Waals surface area contributed by atoms with Crippen molar-refractivity contribution in [3.63, 3.8) is 0 Å². The lowest BCUT2D eigenvalue weighted by atomic mass is 10.1. The molecule has 2 aromatic carbocycles. The van der Waals surface area contributed by atoms with Crippen molar-refractivity contribution >= 4 is 40.5 Å². The van der Waals surface area contributed by atoms with E-state index < -0.39 is 11.7 Å². The topological polar surface area (TPSA) is 55.1 Å². The molecule has 0 unspecified atom stereocenters. The number of anilines is 2. The molecule has 0 aromatic heterocycles. The zero-order valence-corrected chi connectivity index (χ0v) is 11.1. The molecular formula is C13H9Cl2FN2O. The minimum absolute atomic E-state index is 0.0788. The third-order valence-corrected chi connectivity index (χ3v) is 3.05. The number of benzene rings is 2. The van der Waals surface area contributed by atoms with Crippen molar-refractivity contribution in [3.8, 4) is 0 Å². The number of rotatable bonds is 2. The standard InChI is InChI=1S/C13H9Cl2FN2O/c14-8-2-1-3-11(17)12(8)13(19)18-7-4-5-10(16)9(15)6-7/h1-6H,17H2,(H,18,19). The van der Waals surface area contributed by atoms with E-state index in [1.807, 2.05) is 0 Å². The molecule has 2 aromatic rings. The van der Waals surface area contributed by atoms with Crippen molar-refractivity contribution in [1.29, 1.82) is 0 Å². The number of hydrogen-bond acceptors (Lipinski definition) is 2. The number of hydrogen-bond donors (Lipinski definition) is 2. The summed E-state index contributed by atoms with van der Waals surface area (Å²) in [6.45, 7) is 0. The molecule has 0 spiro atoms. The summed E-state index contributed by atoms with van der Waals surface area (Å²) >= 11 is 11.5. The summed E-state index contributed by atoms with van der Waals surface area (Å²) < 4.78 is 13.0. The van der Waals surface area contributed by atoms with E-state index in [-0.39, 0.29) is 21.3 Å². The molecule has 0 atom stereocenters. The van der Waals surface area contributed by atoms with E-state index in [2.05, 4.69) is 5.32 Å². The Bertz CT molecular complexity index is 626. The smallest absolute Gasteiger partial charge is 0.259 e. The molecule has 0 aliphatic carbocycles. The average Bonchev–Trinajstić information content (AvgIpc) is 2.33. The predicted octanol–water partition coefficient (Wildman–Crippen LogP) is 3.97. The number of nitrogens with one attached hydrogen (secondary N) is 1. The van der Waals surface area contributed by atoms with E-state index in [0.29, 0.717) is 5.69 Å². The number of carbonyl (C=O) groups excluding carboxylic acids is 1. The first kappa shape index (κ1) is 13.6. The Kier molecular flexibility index (Phi) is 3.93. The van der Waals surface area contributed by atoms with Crippen molar-refractivity contribution in [2.75, 3.05) is 11.1 Å². The lowest BCUT2D eigenvalue weighted by Crippen LogP contribution is -2.14. The van der Waals surface area contributed by atoms with Gasteiger partial charge in [-0.1, -0.05) is 29.3 Å². The van der Waals surface area contributed by atoms with Crippen molar-refractivity contribution in [1.82, 2.24) is 0 Å². The molecule has 0 saturated carbocycles. The highest BCUT2D eigenvalue weighted by molar-refractivity contribution is 6.35. The molecule has 3 nitrogen and oxygen atoms in total. The van der Waals surface area contributed by atoms with Gasteiger partial charge in [-0.15, -0.1) is 0 Å². The van der Waals surface area contributed by atoms with E-state index in [0.717, 1.165) is 6.07 Å². The second-order valence-corrected chi connectivity index (χ2v) is 4.60. The van der Waals surface area contributed by atoms with Gasteiger partial charge in [-0.3, -0.25) is 4.79 Å². The highest BCUT2D eigenvalue weighted by Crippen LogP contribution is 2.24. The van der Waals surface area contributed by atoms with Gasteiger partial charge < -0.3 is 11.1 Å². The van der Waals surface area contributed by atoms with Crippen molar-refractivity contribution < 1.29 is 9.18 Å². The maximum Gasteiger partial charge on any atom is 0.259 e. The summed E-state index contributed by atoms with van der Waals surface area (Å²) in [6.07, 6.45) is 0. The Morgan fingerprint density at radius 2 is 1.89 bits per heavy atom. The van der Waals surface area contributed by atoms with Crippen LogP contribution in [0.2, 0.25) is 10.0 Å². The van der Waals surface area contributed by atoms with Gasteiger partial charge in [-0.25, -0.2) is 4.39 Å². The number of nitrogen functional groups attached to an aromatic ring is 1. The fraction of sp³-hybridized carbons (Fsp3) is 0. The molecule has 0 saturated heterocycles. The van der Waals surface area contributed by atoms with Crippen LogP contribution in [0.25, 0.3) is 0 Å². The van der Waals surface area contributed by atoms with E-state index in [1.54, 1.807) is 18.2 Å². The minimum atomic E-state index is -0.558. The first-order valence-corrected chi connectivity index (χ1v) is 6.05. The summed E-state index contributed by atoms with van der Waals surface area (Å²) in [6, 6.07) is 8.63. The van der Waals surface area contributed by atoms with Crippen LogP contribution in [0.15, 0.2) is 36.4 Å². The van der Waals surface area contributed by atoms with Crippen LogP contribution in [0.3, 0.4) is 0 Å². The molecule has 6 heteroatoms. The number of nitrogens with two attached hydrogens (primary N) is 1. The van der Waals surface area contributed by atoms with E-state index in [1.165, 1.54) is 12.1 Å². The van der Waals surface area contributed by atoms with Gasteiger partial charge in [-0.05, 0) is 30.3 Å². The van der Waals surface area contributed by atoms with Gasteiger partial charge in [0, 0.05) is 11.4 Å². The molecule has 0 bridgehead atoms. The molecule has 2 rings (SSSR count). The van der Waals surface area contributed by atoms with E-state index >= 15 is 0 Å². The summed E-state index contributed by atoms with van der Waals surface area (Å²) in [5.41, 5.74) is 6.49. The fourth-order valence-corrected chi connectivity index (χ4v) is 2.00. The number of amides is 1. The zero-order valence-electron chi connectivity index (χ0n) is 9.58. The van der Waals surface area contributed by atoms with Crippen molar-refractivity contribution in [2.24, 2.45) is 0 Å². The SMILES string of the molecule is Nc1cccc(Cl)c1C(=O)Nc1ccc(F)c(Cl)c1. The van der Waals surface area contributed by atoms with Crippen LogP contribution in [-0.2, 0) is 0 Å². The van der Waals surface area contributed by atoms with Gasteiger partial charge >= 0.3 is 0 Å². The molecule has 1 amide bonds. The van der Waals surface area contributed by atoms with Crippen LogP contribution >= 0.6 is 23.2 Å². The zero-order chi connectivity index (χ0) is 14.0. The van der Waals surface area contributed by atoms with Crippen LogP contribution in [0.4, 0.5) is 15.8 Å². The largest absolute Gasteiger partial charge is 0.398 e. The lowest BCUT2D eigenvalue weighted by Gasteiger charge is -2.09. The highest BCUT2D eigenvalue weighted by atomic mass is 35.5. The second-order valence-electron chi connectivity index (χ2n) is 3.79. The molecule has 3 N–H and O–H groups in total. The molecule has 0 aliphatic heterocycles. The maximum atomic E-state index is 13.0. The molecule has 0 heterocycles. The van der Waals surface area contributed by atoms with Crippen molar-refractivity contribution in [3.05, 3.63) is 57.8 Å². The molecule has 0 fully saturated rings. The van der Waals surface area contributed by atoms with Gasteiger partial charge in [0.25, 0.3) is 5.91 Å². The van der Waals surface area contributed by atoms with E-state index in [4.69, 9.17) is 28.9 Å². The Balaban J connectivity index is 2.28. The monoisotopic (exact) mass is 298 g/mol. The van der Waals surface area contributed by atoms with Crippen LogP contribution in [0.5, 0.6) is 0 Å². The average molecular weight is 299 g/mol. The maximum absolute atomic E-state index is 13.0. The van der Waals surface area contributed by atoms with Gasteiger partial charge in [0.1, 0.15) is 5.82 Å². The first-order valence-electron chi connectivity index (χ1n) is 5.29. The predicted molar refractivity (Wildman–Crippen MR) is 75.2 cm³/mol. The molecular weight excluding hydrogens is 290 g/mol. The fourth-order valence-electron chi connectivity index (χ4n) is 1.55. The first-order chi connectivity index (χ1) is 8.99. The van der Waals surface area contributed by atoms with Crippen LogP contribution in [0.1, 0.15) is 10.4 Å². The van der Waals surface area contributed by atoms with E-state index in [9.17, 15) is 9.18 Å². The normalized spacial score (nSPS) is 10.3. The molecule has 19 heavy (non-hydrogen) atoms. The quantitative estimate of drug-likeness (QED) is 0.824. The molecule has 0 radical (unpaired) electrons. The van der Waals surface area contributed by atoms with Gasteiger partial charge in [0.15, 0.2) is 0 Å². The Hall–Kier alpha value is -1.78. The lowest BCUT2D eigenvalue weighted by molar-refractivity contribution is 0.102. The second kappa shape index (κ2) is 5.47. The van der Waals surface area contributed by atoms with Crippen LogP contribution in [-0.4, -0.2) is 5.91 Å². The Morgan fingerprint density at radius 1 is 1.16 bits per heavy atom. The summed E-state index contributed by atoms with van der Waals surface area (Å²) in [7, 11) is 0. The highest BCUT2D eigenvalue weighted by Gasteiger charge is 2.14. The minimum Gasteiger partial charge on any atom is -0.398 e. The summed E-state index contributed by atoms with van der Waals surface area (Å²) in [5.74, 6) is -1.04. The Morgan fingerprint density at radius 3 is 2.53 bits per heavy atom. The third kappa shape index (κ3) is 2.97. The molecule has 98 valence electrons. The Labute approximate surface area is 119 Å². The summed E-state index contributed by atoms with van der Waals surface area (Å²) in [5, 5.41) is 2.72. The van der Waals surface area contributed by atoms with Gasteiger partial charge in [0.05, 0.1) is 15.6 Å². The van der Waals surface area contributed by atoms with Crippen LogP contribution < -0.4 is 11.1 Å². The van der Waals surface area contributed by atoms with Crippen LogP contribution in [0, 0.1) is 5.82 Å². The summed E-state index contributed by atoms with van der Waals surface area (Å²) in [4.78, 5) is 12.0.